The monoisotopic (exact) mass is 557 g/mol. The molecule has 1 amide bonds. The van der Waals surface area contributed by atoms with E-state index >= 15 is 0 Å². The summed E-state index contributed by atoms with van der Waals surface area (Å²) in [5, 5.41) is 7.11. The van der Waals surface area contributed by atoms with E-state index in [1.807, 2.05) is 4.90 Å². The summed E-state index contributed by atoms with van der Waals surface area (Å²) in [7, 11) is 3.25. The molecule has 3 aliphatic heterocycles. The molecule has 1 unspecified atom stereocenters. The first-order chi connectivity index (χ1) is 19.5. The second-order valence-electron chi connectivity index (χ2n) is 11.1. The van der Waals surface area contributed by atoms with Crippen molar-refractivity contribution in [2.75, 3.05) is 52.4 Å². The number of aryl methyl sites for hydroxylation is 1. The van der Waals surface area contributed by atoms with Gasteiger partial charge in [-0.3, -0.25) is 4.79 Å². The van der Waals surface area contributed by atoms with Crippen molar-refractivity contribution >= 4 is 11.7 Å². The van der Waals surface area contributed by atoms with Gasteiger partial charge in [0, 0.05) is 54.4 Å². The number of nitrogens with zero attached hydrogens (tertiary/aromatic N) is 3. The molecule has 3 fully saturated rings. The Balaban J connectivity index is 0.00000242. The SMILES string of the molecule is COc1nc(NC[C@H]2CCCC(c3ccc(C)cc3)O2)cc(C(=O)N2CCC(N[C@H]3CCOC[C@H]3OC)CC2)n1.[HH].[HH]. The zero-order valence-corrected chi connectivity index (χ0v) is 23.9. The molecule has 1 aromatic heterocycles. The third-order valence-corrected chi connectivity index (χ3v) is 8.26. The Kier molecular flexibility index (Phi) is 9.85. The molecule has 0 saturated carbocycles. The Morgan fingerprint density at radius 1 is 1.10 bits per heavy atom. The molecular weight excluding hydrogens is 510 g/mol. The van der Waals surface area contributed by atoms with Crippen molar-refractivity contribution in [3.8, 4) is 6.01 Å². The first-order valence-corrected chi connectivity index (χ1v) is 14.6. The summed E-state index contributed by atoms with van der Waals surface area (Å²) in [4.78, 5) is 24.1. The summed E-state index contributed by atoms with van der Waals surface area (Å²) in [5.41, 5.74) is 2.81. The minimum atomic E-state index is -0.101. The summed E-state index contributed by atoms with van der Waals surface area (Å²) >= 11 is 0. The van der Waals surface area contributed by atoms with Crippen molar-refractivity contribution in [1.82, 2.24) is 20.2 Å². The van der Waals surface area contributed by atoms with E-state index in [2.05, 4.69) is 51.8 Å². The number of piperidine rings is 1. The van der Waals surface area contributed by atoms with Gasteiger partial charge in [-0.15, -0.1) is 0 Å². The molecule has 222 valence electrons. The summed E-state index contributed by atoms with van der Waals surface area (Å²) < 4.78 is 22.9. The predicted octanol–water partition coefficient (Wildman–Crippen LogP) is 4.01. The zero-order valence-electron chi connectivity index (χ0n) is 23.9. The van der Waals surface area contributed by atoms with Gasteiger partial charge < -0.3 is 34.5 Å². The van der Waals surface area contributed by atoms with Gasteiger partial charge in [-0.25, -0.2) is 0 Å². The number of amides is 1. The van der Waals surface area contributed by atoms with Crippen LogP contribution in [0.1, 0.15) is 69.1 Å². The molecule has 2 N–H and O–H groups in total. The number of hydrogen-bond donors (Lipinski definition) is 2. The van der Waals surface area contributed by atoms with Crippen LogP contribution in [0.25, 0.3) is 0 Å². The number of ether oxygens (including phenoxy) is 4. The van der Waals surface area contributed by atoms with Crippen molar-refractivity contribution in [1.29, 1.82) is 0 Å². The number of nitrogens with one attached hydrogen (secondary N) is 2. The van der Waals surface area contributed by atoms with Gasteiger partial charge in [-0.2, -0.15) is 9.97 Å². The second-order valence-corrected chi connectivity index (χ2v) is 11.1. The number of benzene rings is 1. The molecule has 3 saturated heterocycles. The smallest absolute Gasteiger partial charge is 0.318 e. The molecule has 0 spiro atoms. The molecule has 0 bridgehead atoms. The number of carbonyl (C=O) groups is 1. The molecule has 3 aliphatic rings. The Morgan fingerprint density at radius 2 is 1.90 bits per heavy atom. The maximum atomic E-state index is 13.4. The minimum absolute atomic E-state index is 0. The van der Waals surface area contributed by atoms with Crippen molar-refractivity contribution in [3.05, 3.63) is 47.2 Å². The largest absolute Gasteiger partial charge is 0.467 e. The number of methoxy groups -OCH3 is 2. The normalized spacial score (nSPS) is 25.9. The van der Waals surface area contributed by atoms with Crippen LogP contribution in [0, 0.1) is 6.92 Å². The number of anilines is 1. The van der Waals surface area contributed by atoms with Crippen LogP contribution in [0.2, 0.25) is 0 Å². The first-order valence-electron chi connectivity index (χ1n) is 14.6. The Bertz CT molecular complexity index is 1120. The van der Waals surface area contributed by atoms with Crippen LogP contribution < -0.4 is 15.4 Å². The zero-order chi connectivity index (χ0) is 27.9. The van der Waals surface area contributed by atoms with Crippen LogP contribution in [-0.2, 0) is 14.2 Å². The molecular formula is C30H47N5O5. The average Bonchev–Trinajstić information content (AvgIpc) is 3.00. The summed E-state index contributed by atoms with van der Waals surface area (Å²) in [6.45, 7) is 5.41. The predicted molar refractivity (Wildman–Crippen MR) is 156 cm³/mol. The number of aromatic nitrogens is 2. The average molecular weight is 558 g/mol. The molecule has 2 aromatic rings. The lowest BCUT2D eigenvalue weighted by Crippen LogP contribution is -2.54. The van der Waals surface area contributed by atoms with Crippen LogP contribution in [0.4, 0.5) is 5.82 Å². The van der Waals surface area contributed by atoms with E-state index in [-0.39, 0.29) is 39.1 Å². The van der Waals surface area contributed by atoms with Crippen molar-refractivity contribution in [2.24, 2.45) is 0 Å². The number of rotatable bonds is 9. The topological polar surface area (TPSA) is 107 Å². The maximum Gasteiger partial charge on any atom is 0.318 e. The van der Waals surface area contributed by atoms with Gasteiger partial charge in [-0.1, -0.05) is 29.8 Å². The Morgan fingerprint density at radius 3 is 2.65 bits per heavy atom. The van der Waals surface area contributed by atoms with Gasteiger partial charge in [0.1, 0.15) is 11.5 Å². The van der Waals surface area contributed by atoms with Gasteiger partial charge in [0.2, 0.25) is 0 Å². The highest BCUT2D eigenvalue weighted by Gasteiger charge is 2.31. The minimum Gasteiger partial charge on any atom is -0.467 e. The highest BCUT2D eigenvalue weighted by molar-refractivity contribution is 5.93. The Hall–Kier alpha value is -2.79. The van der Waals surface area contributed by atoms with Crippen molar-refractivity contribution in [3.63, 3.8) is 0 Å². The molecule has 0 aliphatic carbocycles. The lowest BCUT2D eigenvalue weighted by atomic mass is 9.97. The van der Waals surface area contributed by atoms with Gasteiger partial charge >= 0.3 is 6.01 Å². The fourth-order valence-electron chi connectivity index (χ4n) is 5.86. The quantitative estimate of drug-likeness (QED) is 0.473. The molecule has 10 nitrogen and oxygen atoms in total. The van der Waals surface area contributed by atoms with E-state index in [4.69, 9.17) is 18.9 Å². The van der Waals surface area contributed by atoms with E-state index in [1.165, 1.54) is 18.2 Å². The standard InChI is InChI=1S/C30H43N5O5.2H2/c1-20-7-9-21(10-8-20)26-6-4-5-23(40-26)18-31-28-17-25(33-30(34-28)38-3)29(36)35-14-11-22(12-15-35)32-24-13-16-39-19-27(24)37-2;;/h7-10,17,22-24,26-27,32H,4-6,11-16,18-19H2,1-3H3,(H,31,33,34);2*1H/t23-,24+,26?,27-;;/m1../s1. The molecule has 1 aromatic carbocycles. The van der Waals surface area contributed by atoms with Crippen LogP contribution in [0.5, 0.6) is 6.01 Å². The van der Waals surface area contributed by atoms with Crippen molar-refractivity contribution in [2.45, 2.75) is 75.8 Å². The summed E-state index contributed by atoms with van der Waals surface area (Å²) in [5.74, 6) is 0.467. The third-order valence-electron chi connectivity index (χ3n) is 8.26. The van der Waals surface area contributed by atoms with E-state index in [0.717, 1.165) is 45.1 Å². The van der Waals surface area contributed by atoms with Gasteiger partial charge in [0.25, 0.3) is 5.91 Å². The summed E-state index contributed by atoms with van der Waals surface area (Å²) in [6.07, 6.45) is 6.03. The fourth-order valence-corrected chi connectivity index (χ4v) is 5.86. The van der Waals surface area contributed by atoms with Crippen LogP contribution in [0.3, 0.4) is 0 Å². The number of hydrogen-bond acceptors (Lipinski definition) is 9. The van der Waals surface area contributed by atoms with E-state index in [1.54, 1.807) is 13.2 Å². The maximum absolute atomic E-state index is 13.4. The van der Waals surface area contributed by atoms with E-state index in [0.29, 0.717) is 43.8 Å². The lowest BCUT2D eigenvalue weighted by Gasteiger charge is -2.38. The van der Waals surface area contributed by atoms with E-state index in [9.17, 15) is 4.79 Å². The molecule has 10 heteroatoms. The molecule has 4 heterocycles. The van der Waals surface area contributed by atoms with Crippen molar-refractivity contribution < 1.29 is 26.6 Å². The van der Waals surface area contributed by atoms with Gasteiger partial charge in [0.15, 0.2) is 0 Å². The molecule has 0 radical (unpaired) electrons. The molecule has 40 heavy (non-hydrogen) atoms. The second kappa shape index (κ2) is 13.7. The third kappa shape index (κ3) is 7.28. The lowest BCUT2D eigenvalue weighted by molar-refractivity contribution is -0.0533. The molecule has 5 rings (SSSR count). The van der Waals surface area contributed by atoms with Gasteiger partial charge in [0.05, 0.1) is 32.0 Å². The molecule has 4 atom stereocenters. The van der Waals surface area contributed by atoms with Gasteiger partial charge in [-0.05, 0) is 51.0 Å². The van der Waals surface area contributed by atoms with Crippen LogP contribution in [0.15, 0.2) is 30.3 Å². The number of likely N-dealkylation sites (tertiary alicyclic amines) is 1. The summed E-state index contributed by atoms with van der Waals surface area (Å²) in [6, 6.07) is 11.1. The highest BCUT2D eigenvalue weighted by Crippen LogP contribution is 2.31. The first kappa shape index (κ1) is 28.7. The van der Waals surface area contributed by atoms with Crippen LogP contribution in [-0.4, -0.2) is 92.1 Å². The highest BCUT2D eigenvalue weighted by atomic mass is 16.5. The fraction of sp³-hybridized carbons (Fsp3) is 0.633. The Labute approximate surface area is 240 Å². The van der Waals surface area contributed by atoms with E-state index < -0.39 is 0 Å². The number of carbonyl (C=O) groups excluding carboxylic acids is 1. The van der Waals surface area contributed by atoms with Crippen LogP contribution >= 0.6 is 0 Å².